The highest BCUT2D eigenvalue weighted by molar-refractivity contribution is 7.99. The highest BCUT2D eigenvalue weighted by Crippen LogP contribution is 2.17. The molecule has 2 saturated heterocycles. The Bertz CT molecular complexity index is 202. The van der Waals surface area contributed by atoms with Crippen LogP contribution in [0.5, 0.6) is 0 Å². The first-order valence-corrected chi connectivity index (χ1v) is 9.33. The van der Waals surface area contributed by atoms with E-state index in [0.717, 1.165) is 6.04 Å². The zero-order valence-electron chi connectivity index (χ0n) is 11.1. The van der Waals surface area contributed by atoms with E-state index in [1.165, 1.54) is 68.6 Å². The summed E-state index contributed by atoms with van der Waals surface area (Å²) in [4.78, 5) is 5.40. The van der Waals surface area contributed by atoms with Gasteiger partial charge in [0.15, 0.2) is 0 Å². The Morgan fingerprint density at radius 1 is 0.941 bits per heavy atom. The van der Waals surface area contributed by atoms with Crippen LogP contribution in [0.3, 0.4) is 0 Å². The molecule has 0 radical (unpaired) electrons. The average Bonchev–Trinajstić information content (AvgIpc) is 2.42. The lowest BCUT2D eigenvalue weighted by atomic mass is 10.1. The highest BCUT2D eigenvalue weighted by atomic mass is 32.2. The Hall–Kier alpha value is 0.620. The first kappa shape index (κ1) is 14.0. The molecule has 17 heavy (non-hydrogen) atoms. The lowest BCUT2D eigenvalue weighted by Crippen LogP contribution is -2.43. The fourth-order valence-corrected chi connectivity index (χ4v) is 4.65. The van der Waals surface area contributed by atoms with Crippen LogP contribution in [-0.4, -0.2) is 71.6 Å². The molecule has 0 saturated carbocycles. The fourth-order valence-electron chi connectivity index (χ4n) is 2.74. The summed E-state index contributed by atoms with van der Waals surface area (Å²) in [5.74, 6) is 5.38. The van der Waals surface area contributed by atoms with Gasteiger partial charge in [0.05, 0.1) is 0 Å². The summed E-state index contributed by atoms with van der Waals surface area (Å²) in [6, 6.07) is 0.838. The molecule has 2 aliphatic heterocycles. The first-order chi connectivity index (χ1) is 8.40. The van der Waals surface area contributed by atoms with Crippen molar-refractivity contribution in [2.75, 3.05) is 55.7 Å². The molecule has 2 nitrogen and oxygen atoms in total. The number of nitrogens with zero attached hydrogens (tertiary/aromatic N) is 2. The van der Waals surface area contributed by atoms with Crippen molar-refractivity contribution in [2.45, 2.75) is 25.8 Å². The van der Waals surface area contributed by atoms with Crippen LogP contribution in [0.15, 0.2) is 0 Å². The average molecular weight is 274 g/mol. The molecule has 2 rings (SSSR count). The second-order valence-corrected chi connectivity index (χ2v) is 7.40. The van der Waals surface area contributed by atoms with Gasteiger partial charge in [-0.3, -0.25) is 4.90 Å². The summed E-state index contributed by atoms with van der Waals surface area (Å²) in [6.07, 6.45) is 2.71. The minimum atomic E-state index is 0.838. The van der Waals surface area contributed by atoms with Crippen LogP contribution in [0, 0.1) is 0 Å². The maximum atomic E-state index is 2.73. The quantitative estimate of drug-likeness (QED) is 0.758. The molecule has 0 aliphatic carbocycles. The van der Waals surface area contributed by atoms with Gasteiger partial charge in [0.2, 0.25) is 0 Å². The lowest BCUT2D eigenvalue weighted by Gasteiger charge is -2.35. The molecular formula is C13H26N2S2. The summed E-state index contributed by atoms with van der Waals surface area (Å²) in [7, 11) is 0. The predicted molar refractivity (Wildman–Crippen MR) is 81.4 cm³/mol. The lowest BCUT2D eigenvalue weighted by molar-refractivity contribution is 0.176. The molecule has 1 unspecified atom stereocenters. The van der Waals surface area contributed by atoms with E-state index >= 15 is 0 Å². The van der Waals surface area contributed by atoms with Crippen molar-refractivity contribution >= 4 is 23.5 Å². The van der Waals surface area contributed by atoms with E-state index < -0.39 is 0 Å². The first-order valence-electron chi connectivity index (χ1n) is 7.02. The smallest absolute Gasteiger partial charge is 0.0105 e. The van der Waals surface area contributed by atoms with Crippen LogP contribution in [0.4, 0.5) is 0 Å². The van der Waals surface area contributed by atoms with Gasteiger partial charge < -0.3 is 4.90 Å². The number of hydrogen-bond donors (Lipinski definition) is 0. The van der Waals surface area contributed by atoms with E-state index in [1.54, 1.807) is 0 Å². The molecule has 100 valence electrons. The normalized spacial score (nSPS) is 25.9. The Kier molecular flexibility index (Phi) is 6.54. The van der Waals surface area contributed by atoms with E-state index in [2.05, 4.69) is 40.2 Å². The predicted octanol–water partition coefficient (Wildman–Crippen LogP) is 2.25. The summed E-state index contributed by atoms with van der Waals surface area (Å²) in [5.41, 5.74) is 0. The third-order valence-electron chi connectivity index (χ3n) is 3.92. The van der Waals surface area contributed by atoms with Gasteiger partial charge in [0.25, 0.3) is 0 Å². The Morgan fingerprint density at radius 2 is 1.53 bits per heavy atom. The molecule has 0 aromatic carbocycles. The molecule has 1 atom stereocenters. The summed E-state index contributed by atoms with van der Waals surface area (Å²) < 4.78 is 0. The van der Waals surface area contributed by atoms with Crippen LogP contribution in [0.2, 0.25) is 0 Å². The van der Waals surface area contributed by atoms with E-state index in [9.17, 15) is 0 Å². The molecule has 0 amide bonds. The second-order valence-electron chi connectivity index (χ2n) is 4.95. The second kappa shape index (κ2) is 7.93. The maximum Gasteiger partial charge on any atom is 0.0105 e. The van der Waals surface area contributed by atoms with Crippen LogP contribution >= 0.6 is 23.5 Å². The topological polar surface area (TPSA) is 6.48 Å². The van der Waals surface area contributed by atoms with E-state index in [4.69, 9.17) is 0 Å². The van der Waals surface area contributed by atoms with Gasteiger partial charge in [-0.1, -0.05) is 6.92 Å². The van der Waals surface area contributed by atoms with Crippen LogP contribution < -0.4 is 0 Å². The zero-order valence-corrected chi connectivity index (χ0v) is 12.7. The van der Waals surface area contributed by atoms with Crippen LogP contribution in [0.1, 0.15) is 19.8 Å². The van der Waals surface area contributed by atoms with Crippen molar-refractivity contribution in [1.82, 2.24) is 9.80 Å². The minimum Gasteiger partial charge on any atom is -0.302 e. The molecule has 2 fully saturated rings. The van der Waals surface area contributed by atoms with Crippen molar-refractivity contribution < 1.29 is 0 Å². The molecule has 0 aromatic heterocycles. The third-order valence-corrected chi connectivity index (χ3v) is 5.80. The van der Waals surface area contributed by atoms with Crippen molar-refractivity contribution in [3.05, 3.63) is 0 Å². The number of thioether (sulfide) groups is 2. The Morgan fingerprint density at radius 3 is 2.12 bits per heavy atom. The molecule has 2 heterocycles. The molecule has 4 heteroatoms. The fraction of sp³-hybridized carbons (Fsp3) is 1.00. The van der Waals surface area contributed by atoms with Crippen LogP contribution in [-0.2, 0) is 0 Å². The zero-order chi connectivity index (χ0) is 11.9. The molecule has 0 spiro atoms. The maximum absolute atomic E-state index is 2.73. The minimum absolute atomic E-state index is 0.838. The SMILES string of the molecule is CCC(CCN1CCSCC1)N1CCSCC1. The Labute approximate surface area is 115 Å². The largest absolute Gasteiger partial charge is 0.302 e. The third kappa shape index (κ3) is 4.66. The van der Waals surface area contributed by atoms with E-state index in [0.29, 0.717) is 0 Å². The van der Waals surface area contributed by atoms with Gasteiger partial charge in [-0.2, -0.15) is 23.5 Å². The molecule has 0 bridgehead atoms. The van der Waals surface area contributed by atoms with Gasteiger partial charge in [-0.15, -0.1) is 0 Å². The standard InChI is InChI=1S/C13H26N2S2/c1-2-13(15-7-11-17-12-8-15)3-4-14-5-9-16-10-6-14/h13H,2-12H2,1H3. The van der Waals surface area contributed by atoms with Crippen molar-refractivity contribution in [1.29, 1.82) is 0 Å². The van der Waals surface area contributed by atoms with Gasteiger partial charge >= 0.3 is 0 Å². The van der Waals surface area contributed by atoms with Crippen molar-refractivity contribution in [2.24, 2.45) is 0 Å². The molecular weight excluding hydrogens is 248 g/mol. The van der Waals surface area contributed by atoms with E-state index in [1.807, 2.05) is 0 Å². The van der Waals surface area contributed by atoms with Crippen LogP contribution in [0.25, 0.3) is 0 Å². The highest BCUT2D eigenvalue weighted by Gasteiger charge is 2.20. The Balaban J connectivity index is 1.70. The summed E-state index contributed by atoms with van der Waals surface area (Å²) in [6.45, 7) is 8.95. The number of rotatable bonds is 5. The monoisotopic (exact) mass is 274 g/mol. The summed E-state index contributed by atoms with van der Waals surface area (Å²) >= 11 is 4.23. The van der Waals surface area contributed by atoms with Gasteiger partial charge in [-0.05, 0) is 19.4 Å². The number of hydrogen-bond acceptors (Lipinski definition) is 4. The molecule has 2 aliphatic rings. The van der Waals surface area contributed by atoms with Gasteiger partial charge in [0, 0.05) is 55.2 Å². The van der Waals surface area contributed by atoms with Crippen molar-refractivity contribution in [3.8, 4) is 0 Å². The molecule has 0 aromatic rings. The van der Waals surface area contributed by atoms with E-state index in [-0.39, 0.29) is 0 Å². The van der Waals surface area contributed by atoms with Gasteiger partial charge in [-0.25, -0.2) is 0 Å². The molecule has 0 N–H and O–H groups in total. The van der Waals surface area contributed by atoms with Crippen molar-refractivity contribution in [3.63, 3.8) is 0 Å². The van der Waals surface area contributed by atoms with Gasteiger partial charge in [0.1, 0.15) is 0 Å². The summed E-state index contributed by atoms with van der Waals surface area (Å²) in [5, 5.41) is 0.